The Kier molecular flexibility index (Phi) is 3.47. The van der Waals surface area contributed by atoms with Crippen molar-refractivity contribution in [2.75, 3.05) is 11.6 Å². The molecule has 2 atom stereocenters. The van der Waals surface area contributed by atoms with Gasteiger partial charge in [0.2, 0.25) is 0 Å². The molecule has 17 heavy (non-hydrogen) atoms. The van der Waals surface area contributed by atoms with E-state index in [4.69, 9.17) is 17.3 Å². The van der Waals surface area contributed by atoms with Gasteiger partial charge < -0.3 is 15.9 Å². The number of hydrogen-bond acceptors (Lipinski definition) is 4. The van der Waals surface area contributed by atoms with E-state index in [1.165, 1.54) is 6.20 Å². The Morgan fingerprint density at radius 3 is 2.53 bits per heavy atom. The average molecular weight is 253 g/mol. The van der Waals surface area contributed by atoms with Crippen molar-refractivity contribution in [3.8, 4) is 0 Å². The molecule has 0 saturated carbocycles. The summed E-state index contributed by atoms with van der Waals surface area (Å²) in [5.74, 6) is 0.358. The topological polar surface area (TPSA) is 79.4 Å². The van der Waals surface area contributed by atoms with Gasteiger partial charge in [0.1, 0.15) is 11.9 Å². The predicted octanol–water partition coefficient (Wildman–Crippen LogP) is 1.45. The Morgan fingerprint density at radius 2 is 1.88 bits per heavy atom. The molecule has 2 unspecified atom stereocenters. The number of halogens is 1. The number of rotatable bonds is 3. The summed E-state index contributed by atoms with van der Waals surface area (Å²) >= 11 is 5.52. The SMILES string of the molecule is Nc1ncc(C(O)C(O)CCl)c2ccccc12. The summed E-state index contributed by atoms with van der Waals surface area (Å²) in [7, 11) is 0. The number of alkyl halides is 1. The van der Waals surface area contributed by atoms with E-state index >= 15 is 0 Å². The molecule has 0 aliphatic rings. The fraction of sp³-hybridized carbons (Fsp3) is 0.250. The molecule has 4 N–H and O–H groups in total. The molecule has 0 fully saturated rings. The van der Waals surface area contributed by atoms with Crippen LogP contribution in [-0.4, -0.2) is 27.2 Å². The molecule has 0 aliphatic carbocycles. The lowest BCUT2D eigenvalue weighted by molar-refractivity contribution is 0.0334. The minimum Gasteiger partial charge on any atom is -0.389 e. The van der Waals surface area contributed by atoms with Crippen molar-refractivity contribution in [2.45, 2.75) is 12.2 Å². The number of aliphatic hydroxyl groups is 2. The highest BCUT2D eigenvalue weighted by molar-refractivity contribution is 6.18. The largest absolute Gasteiger partial charge is 0.389 e. The third kappa shape index (κ3) is 2.20. The molecule has 2 rings (SSSR count). The Morgan fingerprint density at radius 1 is 1.24 bits per heavy atom. The van der Waals surface area contributed by atoms with Gasteiger partial charge in [-0.2, -0.15) is 0 Å². The standard InChI is InChI=1S/C12H13ClN2O2/c13-5-10(16)11(17)9-6-15-12(14)8-4-2-1-3-7(8)9/h1-4,6,10-11,16-17H,5H2,(H2,14,15). The van der Waals surface area contributed by atoms with E-state index in [2.05, 4.69) is 4.98 Å². The molecule has 0 aliphatic heterocycles. The van der Waals surface area contributed by atoms with Crippen molar-refractivity contribution >= 4 is 28.2 Å². The van der Waals surface area contributed by atoms with E-state index in [1.807, 2.05) is 24.3 Å². The molecule has 0 bridgehead atoms. The number of nitrogens with zero attached hydrogens (tertiary/aromatic N) is 1. The van der Waals surface area contributed by atoms with Gasteiger partial charge in [-0.1, -0.05) is 24.3 Å². The molecule has 1 aromatic heterocycles. The number of benzene rings is 1. The smallest absolute Gasteiger partial charge is 0.131 e. The number of aliphatic hydroxyl groups excluding tert-OH is 2. The van der Waals surface area contributed by atoms with Crippen LogP contribution >= 0.6 is 11.6 Å². The van der Waals surface area contributed by atoms with Crippen molar-refractivity contribution in [1.82, 2.24) is 4.98 Å². The first-order valence-electron chi connectivity index (χ1n) is 5.20. The van der Waals surface area contributed by atoms with Crippen LogP contribution in [0.1, 0.15) is 11.7 Å². The number of nitrogen functional groups attached to an aromatic ring is 1. The minimum atomic E-state index is -1.06. The maximum Gasteiger partial charge on any atom is 0.131 e. The van der Waals surface area contributed by atoms with E-state index < -0.39 is 12.2 Å². The normalized spacial score (nSPS) is 14.8. The van der Waals surface area contributed by atoms with Gasteiger partial charge in [0.15, 0.2) is 0 Å². The zero-order chi connectivity index (χ0) is 12.4. The lowest BCUT2D eigenvalue weighted by Gasteiger charge is -2.17. The Hall–Kier alpha value is -1.36. The maximum absolute atomic E-state index is 9.96. The van der Waals surface area contributed by atoms with Crippen molar-refractivity contribution in [1.29, 1.82) is 0 Å². The van der Waals surface area contributed by atoms with E-state index in [0.29, 0.717) is 11.4 Å². The fourth-order valence-corrected chi connectivity index (χ4v) is 1.93. The highest BCUT2D eigenvalue weighted by Gasteiger charge is 2.20. The van der Waals surface area contributed by atoms with E-state index in [1.54, 1.807) is 0 Å². The lowest BCUT2D eigenvalue weighted by Crippen LogP contribution is -2.20. The number of fused-ring (bicyclic) bond motifs is 1. The van der Waals surface area contributed by atoms with Crippen LogP contribution in [0.2, 0.25) is 0 Å². The average Bonchev–Trinajstić information content (AvgIpc) is 2.38. The molecule has 0 saturated heterocycles. The Labute approximate surface area is 104 Å². The van der Waals surface area contributed by atoms with Gasteiger partial charge in [-0.3, -0.25) is 0 Å². The Bertz CT molecular complexity index is 533. The summed E-state index contributed by atoms with van der Waals surface area (Å²) in [4.78, 5) is 4.01. The minimum absolute atomic E-state index is 0.0418. The van der Waals surface area contributed by atoms with Gasteiger partial charge in [0.05, 0.1) is 12.0 Å². The summed E-state index contributed by atoms with van der Waals surface area (Å²) in [6, 6.07) is 7.33. The van der Waals surface area contributed by atoms with E-state index in [0.717, 1.165) is 10.8 Å². The number of pyridine rings is 1. The molecule has 0 spiro atoms. The molecular weight excluding hydrogens is 240 g/mol. The van der Waals surface area contributed by atoms with Gasteiger partial charge >= 0.3 is 0 Å². The highest BCUT2D eigenvalue weighted by atomic mass is 35.5. The monoisotopic (exact) mass is 252 g/mol. The van der Waals surface area contributed by atoms with Crippen molar-refractivity contribution in [3.05, 3.63) is 36.0 Å². The number of hydrogen-bond donors (Lipinski definition) is 3. The lowest BCUT2D eigenvalue weighted by atomic mass is 10.0. The number of nitrogens with two attached hydrogens (primary N) is 1. The zero-order valence-corrected chi connectivity index (χ0v) is 9.80. The van der Waals surface area contributed by atoms with E-state index in [9.17, 15) is 10.2 Å². The molecule has 90 valence electrons. The Balaban J connectivity index is 2.59. The first-order chi connectivity index (χ1) is 8.15. The van der Waals surface area contributed by atoms with Crippen LogP contribution in [0, 0.1) is 0 Å². The molecule has 1 aromatic carbocycles. The van der Waals surface area contributed by atoms with Crippen LogP contribution in [0.3, 0.4) is 0 Å². The molecule has 4 nitrogen and oxygen atoms in total. The quantitative estimate of drug-likeness (QED) is 0.723. The third-order valence-electron chi connectivity index (χ3n) is 2.70. The fourth-order valence-electron chi connectivity index (χ4n) is 1.76. The first-order valence-corrected chi connectivity index (χ1v) is 5.73. The van der Waals surface area contributed by atoms with E-state index in [-0.39, 0.29) is 5.88 Å². The zero-order valence-electron chi connectivity index (χ0n) is 9.05. The van der Waals surface area contributed by atoms with Gasteiger partial charge in [0.25, 0.3) is 0 Å². The van der Waals surface area contributed by atoms with Gasteiger partial charge in [0, 0.05) is 17.1 Å². The van der Waals surface area contributed by atoms with Crippen LogP contribution in [0.5, 0.6) is 0 Å². The van der Waals surface area contributed by atoms with Crippen LogP contribution in [0.4, 0.5) is 5.82 Å². The van der Waals surface area contributed by atoms with Crippen LogP contribution in [-0.2, 0) is 0 Å². The van der Waals surface area contributed by atoms with Gasteiger partial charge in [-0.15, -0.1) is 11.6 Å². The van der Waals surface area contributed by atoms with Gasteiger partial charge in [-0.05, 0) is 5.39 Å². The second-order valence-corrected chi connectivity index (χ2v) is 4.12. The summed E-state index contributed by atoms with van der Waals surface area (Å²) in [5, 5.41) is 21.1. The first kappa shape index (κ1) is 12.1. The third-order valence-corrected chi connectivity index (χ3v) is 3.01. The summed E-state index contributed by atoms with van der Waals surface area (Å²) in [6.45, 7) is 0. The van der Waals surface area contributed by atoms with Crippen LogP contribution in [0.15, 0.2) is 30.5 Å². The highest BCUT2D eigenvalue weighted by Crippen LogP contribution is 2.28. The van der Waals surface area contributed by atoms with Crippen molar-refractivity contribution < 1.29 is 10.2 Å². The van der Waals surface area contributed by atoms with Crippen LogP contribution in [0.25, 0.3) is 10.8 Å². The van der Waals surface area contributed by atoms with Crippen LogP contribution < -0.4 is 5.73 Å². The van der Waals surface area contributed by atoms with Crippen molar-refractivity contribution in [3.63, 3.8) is 0 Å². The maximum atomic E-state index is 9.96. The molecule has 0 radical (unpaired) electrons. The van der Waals surface area contributed by atoms with Crippen molar-refractivity contribution in [2.24, 2.45) is 0 Å². The number of aromatic nitrogens is 1. The summed E-state index contributed by atoms with van der Waals surface area (Å²) in [5.41, 5.74) is 6.28. The predicted molar refractivity (Wildman–Crippen MR) is 67.8 cm³/mol. The summed E-state index contributed by atoms with van der Waals surface area (Å²) in [6.07, 6.45) is -0.617. The molecular formula is C12H13ClN2O2. The molecule has 0 amide bonds. The second-order valence-electron chi connectivity index (χ2n) is 3.81. The molecule has 1 heterocycles. The summed E-state index contributed by atoms with van der Waals surface area (Å²) < 4.78 is 0. The second kappa shape index (κ2) is 4.87. The van der Waals surface area contributed by atoms with Gasteiger partial charge in [-0.25, -0.2) is 4.98 Å². The molecule has 5 heteroatoms. The molecule has 2 aromatic rings. The number of anilines is 1.